The first-order valence-corrected chi connectivity index (χ1v) is 6.81. The van der Waals surface area contributed by atoms with Crippen molar-refractivity contribution in [3.63, 3.8) is 0 Å². The molecule has 3 aromatic rings. The van der Waals surface area contributed by atoms with Crippen molar-refractivity contribution in [2.45, 2.75) is 20.4 Å². The van der Waals surface area contributed by atoms with Crippen LogP contribution < -0.4 is 10.6 Å². The smallest absolute Gasteiger partial charge is 0.224 e. The van der Waals surface area contributed by atoms with Gasteiger partial charge in [0.2, 0.25) is 5.95 Å². The molecule has 0 bridgehead atoms. The lowest BCUT2D eigenvalue weighted by Gasteiger charge is -2.22. The van der Waals surface area contributed by atoms with Crippen molar-refractivity contribution >= 4 is 22.9 Å². The molecular formula is C14H17N7. The average Bonchev–Trinajstić information content (AvgIpc) is 2.92. The van der Waals surface area contributed by atoms with E-state index in [9.17, 15) is 0 Å². The van der Waals surface area contributed by atoms with E-state index < -0.39 is 0 Å². The molecule has 0 amide bonds. The van der Waals surface area contributed by atoms with Gasteiger partial charge in [-0.25, -0.2) is 4.98 Å². The zero-order valence-corrected chi connectivity index (χ0v) is 12.0. The lowest BCUT2D eigenvalue weighted by atomic mass is 10.3. The standard InChI is InChI=1S/C14H17N7/c1-3-21(7-10-6-4-5-9(2)18-10)13-11-12(17-8-16-11)19-14(15)20-13/h4-6,8H,3,7H2,1-2H3,(H3,15,16,17,19,20). The second-order valence-corrected chi connectivity index (χ2v) is 4.79. The summed E-state index contributed by atoms with van der Waals surface area (Å²) in [4.78, 5) is 22.3. The van der Waals surface area contributed by atoms with E-state index in [0.29, 0.717) is 12.2 Å². The fraction of sp³-hybridized carbons (Fsp3) is 0.286. The topological polar surface area (TPSA) is 96.6 Å². The van der Waals surface area contributed by atoms with E-state index in [-0.39, 0.29) is 5.95 Å². The lowest BCUT2D eigenvalue weighted by molar-refractivity contribution is 0.793. The van der Waals surface area contributed by atoms with Crippen LogP contribution in [0.1, 0.15) is 18.3 Å². The summed E-state index contributed by atoms with van der Waals surface area (Å²) in [5, 5.41) is 0. The van der Waals surface area contributed by atoms with Crippen LogP contribution in [0.4, 0.5) is 11.8 Å². The Morgan fingerprint density at radius 3 is 2.86 bits per heavy atom. The minimum absolute atomic E-state index is 0.222. The predicted molar refractivity (Wildman–Crippen MR) is 81.8 cm³/mol. The highest BCUT2D eigenvalue weighted by Crippen LogP contribution is 2.23. The van der Waals surface area contributed by atoms with E-state index >= 15 is 0 Å². The molecule has 0 saturated carbocycles. The van der Waals surface area contributed by atoms with Gasteiger partial charge in [0, 0.05) is 12.2 Å². The third kappa shape index (κ3) is 2.62. The summed E-state index contributed by atoms with van der Waals surface area (Å²) in [6.07, 6.45) is 1.60. The number of fused-ring (bicyclic) bond motifs is 1. The molecule has 3 rings (SSSR count). The van der Waals surface area contributed by atoms with E-state index in [0.717, 1.165) is 29.3 Å². The Labute approximate surface area is 122 Å². The largest absolute Gasteiger partial charge is 0.368 e. The van der Waals surface area contributed by atoms with Crippen molar-refractivity contribution < 1.29 is 0 Å². The van der Waals surface area contributed by atoms with E-state index in [1.54, 1.807) is 6.33 Å². The molecule has 0 aliphatic carbocycles. The molecule has 3 aromatic heterocycles. The van der Waals surface area contributed by atoms with Gasteiger partial charge in [0.05, 0.1) is 18.6 Å². The van der Waals surface area contributed by atoms with E-state index in [1.165, 1.54) is 0 Å². The number of nitrogens with zero attached hydrogens (tertiary/aromatic N) is 5. The second kappa shape index (κ2) is 5.35. The summed E-state index contributed by atoms with van der Waals surface area (Å²) in [7, 11) is 0. The number of aromatic nitrogens is 5. The molecule has 7 heteroatoms. The van der Waals surface area contributed by atoms with Crippen molar-refractivity contribution in [1.29, 1.82) is 0 Å². The van der Waals surface area contributed by atoms with Gasteiger partial charge in [0.1, 0.15) is 5.52 Å². The first kappa shape index (κ1) is 13.3. The van der Waals surface area contributed by atoms with Crippen LogP contribution >= 0.6 is 0 Å². The summed E-state index contributed by atoms with van der Waals surface area (Å²) >= 11 is 0. The Bertz CT molecular complexity index is 765. The Morgan fingerprint density at radius 1 is 1.24 bits per heavy atom. The number of aryl methyl sites for hydroxylation is 1. The minimum Gasteiger partial charge on any atom is -0.368 e. The number of pyridine rings is 1. The molecule has 0 radical (unpaired) electrons. The lowest BCUT2D eigenvalue weighted by Crippen LogP contribution is -2.24. The Balaban J connectivity index is 2.00. The molecule has 108 valence electrons. The first-order chi connectivity index (χ1) is 10.2. The van der Waals surface area contributed by atoms with Gasteiger partial charge in [-0.2, -0.15) is 9.97 Å². The van der Waals surface area contributed by atoms with Crippen molar-refractivity contribution in [1.82, 2.24) is 24.9 Å². The number of rotatable bonds is 4. The van der Waals surface area contributed by atoms with Gasteiger partial charge in [0.25, 0.3) is 0 Å². The summed E-state index contributed by atoms with van der Waals surface area (Å²) in [6, 6.07) is 5.99. The zero-order valence-electron chi connectivity index (χ0n) is 12.0. The van der Waals surface area contributed by atoms with Crippen molar-refractivity contribution in [2.24, 2.45) is 0 Å². The van der Waals surface area contributed by atoms with Crippen molar-refractivity contribution in [3.8, 4) is 0 Å². The van der Waals surface area contributed by atoms with Gasteiger partial charge >= 0.3 is 0 Å². The molecule has 0 atom stereocenters. The normalized spacial score (nSPS) is 11.0. The quantitative estimate of drug-likeness (QED) is 0.756. The molecule has 0 aromatic carbocycles. The monoisotopic (exact) mass is 283 g/mol. The van der Waals surface area contributed by atoms with Crippen LogP contribution in [0.15, 0.2) is 24.5 Å². The number of hydrogen-bond donors (Lipinski definition) is 2. The van der Waals surface area contributed by atoms with Crippen LogP contribution in [0.3, 0.4) is 0 Å². The van der Waals surface area contributed by atoms with E-state index in [4.69, 9.17) is 5.73 Å². The van der Waals surface area contributed by atoms with Crippen LogP contribution in [-0.2, 0) is 6.54 Å². The molecular weight excluding hydrogens is 266 g/mol. The maximum Gasteiger partial charge on any atom is 0.224 e. The van der Waals surface area contributed by atoms with Gasteiger partial charge in [-0.3, -0.25) is 4.98 Å². The number of nitrogens with one attached hydrogen (secondary N) is 1. The minimum atomic E-state index is 0.222. The third-order valence-corrected chi connectivity index (χ3v) is 3.26. The number of imidazole rings is 1. The van der Waals surface area contributed by atoms with Crippen LogP contribution in [0.2, 0.25) is 0 Å². The number of aromatic amines is 1. The molecule has 0 fully saturated rings. The second-order valence-electron chi connectivity index (χ2n) is 4.79. The van der Waals surface area contributed by atoms with Gasteiger partial charge in [-0.05, 0) is 26.0 Å². The zero-order chi connectivity index (χ0) is 14.8. The van der Waals surface area contributed by atoms with Gasteiger partial charge in [-0.1, -0.05) is 6.07 Å². The number of anilines is 2. The van der Waals surface area contributed by atoms with Crippen LogP contribution in [-0.4, -0.2) is 31.5 Å². The highest BCUT2D eigenvalue weighted by Gasteiger charge is 2.15. The molecule has 0 unspecified atom stereocenters. The number of hydrogen-bond acceptors (Lipinski definition) is 6. The van der Waals surface area contributed by atoms with Crippen molar-refractivity contribution in [2.75, 3.05) is 17.2 Å². The molecule has 0 spiro atoms. The predicted octanol–water partition coefficient (Wildman–Crippen LogP) is 1.67. The molecule has 21 heavy (non-hydrogen) atoms. The highest BCUT2D eigenvalue weighted by molar-refractivity contribution is 5.84. The van der Waals surface area contributed by atoms with Crippen molar-refractivity contribution in [3.05, 3.63) is 35.9 Å². The third-order valence-electron chi connectivity index (χ3n) is 3.26. The Kier molecular flexibility index (Phi) is 3.39. The van der Waals surface area contributed by atoms with Gasteiger partial charge in [-0.15, -0.1) is 0 Å². The number of H-pyrrole nitrogens is 1. The Hall–Kier alpha value is -2.70. The number of nitrogens with two attached hydrogens (primary N) is 1. The molecule has 7 nitrogen and oxygen atoms in total. The SMILES string of the molecule is CCN(Cc1cccc(C)n1)c1nc(N)nc2nc[nH]c12. The molecule has 0 aliphatic rings. The first-order valence-electron chi connectivity index (χ1n) is 6.81. The fourth-order valence-corrected chi connectivity index (χ4v) is 2.28. The number of nitrogen functional groups attached to an aromatic ring is 1. The summed E-state index contributed by atoms with van der Waals surface area (Å²) in [6.45, 7) is 5.48. The molecule has 0 aliphatic heterocycles. The van der Waals surface area contributed by atoms with Crippen LogP contribution in [0, 0.1) is 6.92 Å². The van der Waals surface area contributed by atoms with Crippen LogP contribution in [0.25, 0.3) is 11.2 Å². The fourth-order valence-electron chi connectivity index (χ4n) is 2.28. The highest BCUT2D eigenvalue weighted by atomic mass is 15.2. The maximum atomic E-state index is 5.78. The summed E-state index contributed by atoms with van der Waals surface area (Å²) < 4.78 is 0. The van der Waals surface area contributed by atoms with Crippen LogP contribution in [0.5, 0.6) is 0 Å². The van der Waals surface area contributed by atoms with E-state index in [1.807, 2.05) is 25.1 Å². The maximum absolute atomic E-state index is 5.78. The van der Waals surface area contributed by atoms with E-state index in [2.05, 4.69) is 36.7 Å². The summed E-state index contributed by atoms with van der Waals surface area (Å²) in [5.41, 5.74) is 9.13. The Morgan fingerprint density at radius 2 is 2.10 bits per heavy atom. The van der Waals surface area contributed by atoms with Gasteiger partial charge in [0.15, 0.2) is 11.5 Å². The molecule has 3 N–H and O–H groups in total. The molecule has 3 heterocycles. The summed E-state index contributed by atoms with van der Waals surface area (Å²) in [5.74, 6) is 0.973. The molecule has 0 saturated heterocycles. The van der Waals surface area contributed by atoms with Gasteiger partial charge < -0.3 is 15.6 Å². The average molecular weight is 283 g/mol.